The number of aromatic nitrogens is 3. The van der Waals surface area contributed by atoms with Crippen molar-refractivity contribution in [1.82, 2.24) is 9.13 Å². The molecule has 25 heavy (non-hydrogen) atoms. The maximum atomic E-state index is 13.1. The Kier molecular flexibility index (Phi) is 3.67. The summed E-state index contributed by atoms with van der Waals surface area (Å²) in [6, 6.07) is 23.6. The van der Waals surface area contributed by atoms with Crippen LogP contribution >= 0.6 is 0 Å². The van der Waals surface area contributed by atoms with E-state index >= 15 is 0 Å². The molecule has 0 unspecified atom stereocenters. The van der Waals surface area contributed by atoms with E-state index in [1.165, 1.54) is 9.13 Å². The van der Waals surface area contributed by atoms with Gasteiger partial charge >= 0.3 is 11.5 Å². The molecule has 0 aliphatic rings. The van der Waals surface area contributed by atoms with E-state index in [4.69, 9.17) is 0 Å². The highest BCUT2D eigenvalue weighted by atomic mass is 16.3. The zero-order chi connectivity index (χ0) is 17.2. The molecule has 2 aromatic heterocycles. The zero-order valence-electron chi connectivity index (χ0n) is 13.3. The molecule has 4 rings (SSSR count). The lowest BCUT2D eigenvalue weighted by Gasteiger charge is -2.09. The van der Waals surface area contributed by atoms with Crippen LogP contribution in [-0.4, -0.2) is 9.13 Å². The number of hydrogen-bond donors (Lipinski definition) is 0. The van der Waals surface area contributed by atoms with Gasteiger partial charge < -0.3 is 5.11 Å². The van der Waals surface area contributed by atoms with Crippen molar-refractivity contribution in [3.05, 3.63) is 102 Å². The number of pyridine rings is 1. The quantitative estimate of drug-likeness (QED) is 0.540. The third-order valence-electron chi connectivity index (χ3n) is 3.98. The minimum atomic E-state index is -0.395. The molecular weight excluding hydrogens is 314 g/mol. The van der Waals surface area contributed by atoms with Crippen LogP contribution in [0.25, 0.3) is 17.2 Å². The maximum Gasteiger partial charge on any atom is 0.425 e. The fourth-order valence-corrected chi connectivity index (χ4v) is 2.85. The molecule has 4 aromatic rings. The summed E-state index contributed by atoms with van der Waals surface area (Å²) in [5.74, 6) is -0.0862. The summed E-state index contributed by atoms with van der Waals surface area (Å²) in [6.45, 7) is 0. The van der Waals surface area contributed by atoms with Crippen molar-refractivity contribution in [3.63, 3.8) is 0 Å². The highest BCUT2D eigenvalue weighted by molar-refractivity contribution is 5.46. The summed E-state index contributed by atoms with van der Waals surface area (Å²) in [5.41, 5.74) is 0.796. The van der Waals surface area contributed by atoms with Gasteiger partial charge in [-0.05, 0) is 36.4 Å². The fraction of sp³-hybridized carbons (Fsp3) is 0. The molecule has 5 nitrogen and oxygen atoms in total. The van der Waals surface area contributed by atoms with E-state index in [0.29, 0.717) is 11.4 Å². The van der Waals surface area contributed by atoms with Crippen molar-refractivity contribution in [2.45, 2.75) is 0 Å². The molecule has 0 fully saturated rings. The first kappa shape index (κ1) is 15.0. The summed E-state index contributed by atoms with van der Waals surface area (Å²) in [4.78, 5) is 13.1. The molecule has 0 saturated carbocycles. The number of hydrogen-bond acceptors (Lipinski definition) is 2. The Bertz CT molecular complexity index is 1050. The molecule has 0 amide bonds. The first-order chi connectivity index (χ1) is 12.3. The number of rotatable bonds is 3. The predicted octanol–water partition coefficient (Wildman–Crippen LogP) is 1.98. The molecule has 0 atom stereocenters. The van der Waals surface area contributed by atoms with Gasteiger partial charge in [-0.15, -0.1) is 4.57 Å². The van der Waals surface area contributed by atoms with Gasteiger partial charge in [0.15, 0.2) is 0 Å². The lowest BCUT2D eigenvalue weighted by atomic mass is 10.3. The molecule has 0 N–H and O–H groups in total. The molecule has 5 heteroatoms. The lowest BCUT2D eigenvalue weighted by molar-refractivity contribution is -0.605. The molecule has 2 aromatic carbocycles. The van der Waals surface area contributed by atoms with Crippen LogP contribution in [0, 0.1) is 0 Å². The van der Waals surface area contributed by atoms with E-state index in [0.717, 1.165) is 0 Å². The van der Waals surface area contributed by atoms with E-state index in [9.17, 15) is 9.90 Å². The van der Waals surface area contributed by atoms with Crippen molar-refractivity contribution in [3.8, 4) is 23.1 Å². The van der Waals surface area contributed by atoms with Crippen molar-refractivity contribution >= 4 is 0 Å². The highest BCUT2D eigenvalue weighted by Crippen LogP contribution is 2.21. The Morgan fingerprint density at radius 1 is 0.680 bits per heavy atom. The standard InChI is InChI=1S/C20H15N3O2/c24-19-18(21-14-8-3-9-15-21)22(16-10-4-1-5-11-16)20(25)23(19)17-12-6-2-7-13-17/h1-15H. The van der Waals surface area contributed by atoms with Crippen LogP contribution in [0.5, 0.6) is 5.88 Å². The van der Waals surface area contributed by atoms with Crippen LogP contribution in [0.4, 0.5) is 0 Å². The third kappa shape index (κ3) is 2.52. The van der Waals surface area contributed by atoms with Gasteiger partial charge in [-0.25, -0.2) is 13.9 Å². The molecular formula is C20H15N3O2. The first-order valence-electron chi connectivity index (χ1n) is 7.89. The lowest BCUT2D eigenvalue weighted by Crippen LogP contribution is -2.35. The normalized spacial score (nSPS) is 10.7. The molecule has 0 aliphatic heterocycles. The van der Waals surface area contributed by atoms with Crippen molar-refractivity contribution in [2.24, 2.45) is 0 Å². The second-order valence-electron chi connectivity index (χ2n) is 5.54. The second kappa shape index (κ2) is 6.13. The van der Waals surface area contributed by atoms with E-state index in [2.05, 4.69) is 0 Å². The van der Waals surface area contributed by atoms with Gasteiger partial charge in [0.1, 0.15) is 5.69 Å². The first-order valence-corrected chi connectivity index (χ1v) is 7.89. The molecule has 0 spiro atoms. The Morgan fingerprint density at radius 2 is 1.16 bits per heavy atom. The largest absolute Gasteiger partial charge is 0.854 e. The van der Waals surface area contributed by atoms with Crippen LogP contribution in [0.3, 0.4) is 0 Å². The number of imidazole rings is 1. The van der Waals surface area contributed by atoms with Crippen LogP contribution in [-0.2, 0) is 0 Å². The molecule has 0 aliphatic carbocycles. The molecule has 122 valence electrons. The van der Waals surface area contributed by atoms with E-state index in [1.807, 2.05) is 54.6 Å². The summed E-state index contributed by atoms with van der Waals surface area (Å²) in [5, 5.41) is 13.1. The average molecular weight is 329 g/mol. The second-order valence-corrected chi connectivity index (χ2v) is 5.54. The predicted molar refractivity (Wildman–Crippen MR) is 92.3 cm³/mol. The zero-order valence-corrected chi connectivity index (χ0v) is 13.3. The number of para-hydroxylation sites is 2. The Morgan fingerprint density at radius 3 is 1.72 bits per heavy atom. The van der Waals surface area contributed by atoms with Gasteiger partial charge in [-0.2, -0.15) is 0 Å². The minimum Gasteiger partial charge on any atom is -0.854 e. The number of nitrogens with zero attached hydrogens (tertiary/aromatic N) is 3. The van der Waals surface area contributed by atoms with Crippen molar-refractivity contribution in [2.75, 3.05) is 0 Å². The third-order valence-corrected chi connectivity index (χ3v) is 3.98. The van der Waals surface area contributed by atoms with Crippen molar-refractivity contribution in [1.29, 1.82) is 0 Å². The fourth-order valence-electron chi connectivity index (χ4n) is 2.85. The van der Waals surface area contributed by atoms with E-state index < -0.39 is 5.69 Å². The van der Waals surface area contributed by atoms with Gasteiger partial charge in [0, 0.05) is 0 Å². The molecule has 0 radical (unpaired) electrons. The van der Waals surface area contributed by atoms with Gasteiger partial charge in [-0.3, -0.25) is 0 Å². The van der Waals surface area contributed by atoms with Crippen LogP contribution in [0.15, 0.2) is 96.1 Å². The minimum absolute atomic E-state index is 0.278. The monoisotopic (exact) mass is 329 g/mol. The van der Waals surface area contributed by atoms with Gasteiger partial charge in [0.2, 0.25) is 0 Å². The highest BCUT2D eigenvalue weighted by Gasteiger charge is 2.25. The van der Waals surface area contributed by atoms with Crippen LogP contribution in [0.1, 0.15) is 0 Å². The Balaban J connectivity index is 2.08. The van der Waals surface area contributed by atoms with Gasteiger partial charge in [-0.1, -0.05) is 42.5 Å². The Labute approximate surface area is 144 Å². The van der Waals surface area contributed by atoms with E-state index in [1.54, 1.807) is 41.2 Å². The number of benzene rings is 2. The molecule has 0 bridgehead atoms. The topological polar surface area (TPSA) is 53.9 Å². The SMILES string of the molecule is O=c1n(-c2ccccc2)c([O-])c(-[n+]2ccccc2)n1-c1ccccc1. The van der Waals surface area contributed by atoms with Gasteiger partial charge in [0.05, 0.1) is 24.0 Å². The summed E-state index contributed by atoms with van der Waals surface area (Å²) in [7, 11) is 0. The molecule has 0 saturated heterocycles. The van der Waals surface area contributed by atoms with Crippen LogP contribution in [0.2, 0.25) is 0 Å². The maximum absolute atomic E-state index is 13.1. The van der Waals surface area contributed by atoms with Crippen LogP contribution < -0.4 is 15.4 Å². The van der Waals surface area contributed by atoms with Crippen molar-refractivity contribution < 1.29 is 9.67 Å². The summed E-state index contributed by atoms with van der Waals surface area (Å²) in [6.07, 6.45) is 3.51. The Hall–Kier alpha value is -3.60. The molecule has 2 heterocycles. The van der Waals surface area contributed by atoms with Gasteiger partial charge in [0.25, 0.3) is 0 Å². The average Bonchev–Trinajstić information content (AvgIpc) is 2.94. The smallest absolute Gasteiger partial charge is 0.425 e. The summed E-state index contributed by atoms with van der Waals surface area (Å²) < 4.78 is 4.30. The summed E-state index contributed by atoms with van der Waals surface area (Å²) >= 11 is 0. The van der Waals surface area contributed by atoms with E-state index in [-0.39, 0.29) is 11.7 Å².